The summed E-state index contributed by atoms with van der Waals surface area (Å²) in [6.45, 7) is 6.51. The van der Waals surface area contributed by atoms with Crippen LogP contribution in [0.5, 0.6) is 0 Å². The van der Waals surface area contributed by atoms with Gasteiger partial charge in [-0.25, -0.2) is 15.2 Å². The molecule has 350 valence electrons. The summed E-state index contributed by atoms with van der Waals surface area (Å²) >= 11 is 12.5. The van der Waals surface area contributed by atoms with Crippen molar-refractivity contribution in [2.75, 3.05) is 72.5 Å². The fourth-order valence-electron chi connectivity index (χ4n) is 8.99. The van der Waals surface area contributed by atoms with Crippen molar-refractivity contribution < 1.29 is 42.9 Å². The highest BCUT2D eigenvalue weighted by Crippen LogP contribution is 2.33. The molecule has 2 saturated heterocycles. The van der Waals surface area contributed by atoms with Crippen LogP contribution in [-0.2, 0) is 38.1 Å². The maximum Gasteiger partial charge on any atom is 0.315 e. The lowest BCUT2D eigenvalue weighted by atomic mass is 9.74. The zero-order chi connectivity index (χ0) is 43.3. The average molecular weight is 906 g/mol. The molecule has 0 aromatic carbocycles. The van der Waals surface area contributed by atoms with Crippen LogP contribution in [-0.4, -0.2) is 154 Å². The van der Waals surface area contributed by atoms with E-state index in [2.05, 4.69) is 42.6 Å². The Morgan fingerprint density at radius 2 is 1.34 bits per heavy atom. The molecule has 0 radical (unpaired) electrons. The van der Waals surface area contributed by atoms with Gasteiger partial charge in [0.05, 0.1) is 69.5 Å². The molecule has 3 atom stereocenters. The Labute approximate surface area is 372 Å². The van der Waals surface area contributed by atoms with E-state index in [-0.39, 0.29) is 84.1 Å². The van der Waals surface area contributed by atoms with E-state index in [0.717, 1.165) is 89.9 Å². The van der Waals surface area contributed by atoms with Crippen molar-refractivity contribution in [3.63, 3.8) is 0 Å². The molecule has 5 aliphatic rings. The lowest BCUT2D eigenvalue weighted by Crippen LogP contribution is -2.64. The number of amides is 5. The maximum absolute atomic E-state index is 13.4. The van der Waals surface area contributed by atoms with Crippen molar-refractivity contribution in [3.05, 3.63) is 0 Å². The van der Waals surface area contributed by atoms with Gasteiger partial charge in [0.25, 0.3) is 0 Å². The highest BCUT2D eigenvalue weighted by Gasteiger charge is 2.46. The highest BCUT2D eigenvalue weighted by atomic mass is 35.5. The molecule has 0 spiro atoms. The van der Waals surface area contributed by atoms with Crippen molar-refractivity contribution in [2.45, 2.75) is 169 Å². The molecule has 17 nitrogen and oxygen atoms in total. The van der Waals surface area contributed by atoms with Gasteiger partial charge in [-0.05, 0) is 96.8 Å². The van der Waals surface area contributed by atoms with Crippen molar-refractivity contribution in [3.8, 4) is 0 Å². The first-order valence-electron chi connectivity index (χ1n) is 23.0. The number of carbonyl (C=O) groups is 4. The Hall–Kier alpha value is -2.06. The van der Waals surface area contributed by atoms with Crippen LogP contribution in [0.2, 0.25) is 0 Å². The van der Waals surface area contributed by atoms with Gasteiger partial charge >= 0.3 is 6.03 Å². The Bertz CT molecular complexity index is 1320. The molecule has 0 bridgehead atoms. The zero-order valence-electron chi connectivity index (χ0n) is 36.3. The van der Waals surface area contributed by atoms with E-state index in [1.807, 2.05) is 6.92 Å². The predicted molar refractivity (Wildman–Crippen MR) is 232 cm³/mol. The number of halogens is 2. The minimum Gasteiger partial charge on any atom is -0.378 e. The fourth-order valence-corrected chi connectivity index (χ4v) is 9.49. The Morgan fingerprint density at radius 3 is 1.97 bits per heavy atom. The topological polar surface area (TPSA) is 202 Å². The number of hydrogen-bond donors (Lipinski definition) is 7. The number of nitrogens with zero attached hydrogens (tertiary/aromatic N) is 1. The molecule has 2 heterocycles. The SMILES string of the molecule is C[C@@H]1NC(=O)N[C@@H]1CCCCCC(=O)NCCOCCOCCOCCN1CC(C2(NC(=O)COC3CCC(Cl)CC3)CCC(NC(=O)COC3CCC(Cl)CC3)CC2)NN1. The van der Waals surface area contributed by atoms with E-state index in [9.17, 15) is 19.2 Å². The number of unbranched alkanes of at least 4 members (excludes halogenated alkanes) is 2. The van der Waals surface area contributed by atoms with E-state index in [1.165, 1.54) is 0 Å². The number of hydrogen-bond acceptors (Lipinski definition) is 12. The number of nitrogens with one attached hydrogen (secondary N) is 7. The summed E-state index contributed by atoms with van der Waals surface area (Å²) in [6, 6.07) is 0.154. The van der Waals surface area contributed by atoms with E-state index in [0.29, 0.717) is 78.5 Å². The highest BCUT2D eigenvalue weighted by molar-refractivity contribution is 6.20. The van der Waals surface area contributed by atoms with Crippen molar-refractivity contribution in [2.24, 2.45) is 0 Å². The van der Waals surface area contributed by atoms with Gasteiger partial charge in [0.1, 0.15) is 13.2 Å². The second kappa shape index (κ2) is 27.3. The summed E-state index contributed by atoms with van der Waals surface area (Å²) < 4.78 is 29.0. The summed E-state index contributed by atoms with van der Waals surface area (Å²) in [5.41, 5.74) is 6.18. The Balaban J connectivity index is 0.903. The first-order valence-corrected chi connectivity index (χ1v) is 23.9. The summed E-state index contributed by atoms with van der Waals surface area (Å²) in [7, 11) is 0. The molecule has 61 heavy (non-hydrogen) atoms. The molecule has 0 aromatic rings. The molecule has 7 N–H and O–H groups in total. The van der Waals surface area contributed by atoms with Gasteiger partial charge in [-0.15, -0.1) is 23.2 Å². The van der Waals surface area contributed by atoms with Crippen LogP contribution in [0.25, 0.3) is 0 Å². The second-order valence-electron chi connectivity index (χ2n) is 17.5. The van der Waals surface area contributed by atoms with Gasteiger partial charge in [0.15, 0.2) is 0 Å². The summed E-state index contributed by atoms with van der Waals surface area (Å²) in [5, 5.41) is 17.7. The zero-order valence-corrected chi connectivity index (χ0v) is 37.8. The van der Waals surface area contributed by atoms with Gasteiger partial charge in [-0.2, -0.15) is 5.53 Å². The third kappa shape index (κ3) is 18.5. The maximum atomic E-state index is 13.4. The molecular weight excluding hydrogens is 831 g/mol. The lowest BCUT2D eigenvalue weighted by Gasteiger charge is -2.44. The molecule has 2 aliphatic heterocycles. The monoisotopic (exact) mass is 904 g/mol. The molecule has 5 fully saturated rings. The third-order valence-corrected chi connectivity index (χ3v) is 13.6. The number of rotatable bonds is 27. The van der Waals surface area contributed by atoms with Gasteiger partial charge < -0.3 is 50.3 Å². The van der Waals surface area contributed by atoms with Crippen LogP contribution in [0.1, 0.15) is 116 Å². The van der Waals surface area contributed by atoms with Gasteiger partial charge in [0.2, 0.25) is 17.7 Å². The summed E-state index contributed by atoms with van der Waals surface area (Å²) in [6.07, 6.45) is 14.3. The van der Waals surface area contributed by atoms with Crippen LogP contribution in [0.3, 0.4) is 0 Å². The summed E-state index contributed by atoms with van der Waals surface area (Å²) in [4.78, 5) is 49.7. The quantitative estimate of drug-likeness (QED) is 0.0471. The Morgan fingerprint density at radius 1 is 0.738 bits per heavy atom. The minimum absolute atomic E-state index is 0.0102. The average Bonchev–Trinajstić information content (AvgIpc) is 3.86. The van der Waals surface area contributed by atoms with E-state index < -0.39 is 5.54 Å². The van der Waals surface area contributed by atoms with E-state index in [4.69, 9.17) is 46.9 Å². The molecule has 5 amide bonds. The number of urea groups is 1. The van der Waals surface area contributed by atoms with Crippen molar-refractivity contribution in [1.82, 2.24) is 42.6 Å². The minimum atomic E-state index is -0.523. The molecule has 19 heteroatoms. The van der Waals surface area contributed by atoms with Crippen molar-refractivity contribution in [1.29, 1.82) is 0 Å². The van der Waals surface area contributed by atoms with Crippen LogP contribution < -0.4 is 37.5 Å². The standard InChI is InChI=1S/C42H74Cl2N8O9/c1-30-36(48-41(56)46-30)5-3-2-4-6-38(53)45-19-21-57-23-25-59-26-24-58-22-20-52-27-37(50-51-52)42(49-40(55)29-61-35-13-9-32(44)10-14-35)17-15-33(16-18-42)47-39(54)28-60-34-11-7-31(43)8-12-34/h30-37,50-51H,2-29H2,1H3,(H,45,53)(H,47,54)(H,49,55)(H2,46,48,56)/t30-,31?,32?,33?,34?,35?,36+,37?,42?/m0/s1. The first kappa shape index (κ1) is 49.9. The van der Waals surface area contributed by atoms with Crippen LogP contribution in [0.15, 0.2) is 0 Å². The number of alkyl halides is 2. The van der Waals surface area contributed by atoms with Crippen LogP contribution >= 0.6 is 23.2 Å². The third-order valence-electron chi connectivity index (χ3n) is 12.7. The van der Waals surface area contributed by atoms with Gasteiger partial charge in [0, 0.05) is 48.9 Å². The van der Waals surface area contributed by atoms with E-state index >= 15 is 0 Å². The van der Waals surface area contributed by atoms with Gasteiger partial charge in [-0.1, -0.05) is 12.8 Å². The molecule has 3 saturated carbocycles. The van der Waals surface area contributed by atoms with Gasteiger partial charge in [-0.3, -0.25) is 14.4 Å². The lowest BCUT2D eigenvalue weighted by molar-refractivity contribution is -0.132. The number of ether oxygens (including phenoxy) is 5. The van der Waals surface area contributed by atoms with E-state index in [1.54, 1.807) is 0 Å². The molecule has 5 rings (SSSR count). The Kier molecular flexibility index (Phi) is 22.4. The smallest absolute Gasteiger partial charge is 0.315 e. The van der Waals surface area contributed by atoms with Crippen molar-refractivity contribution >= 4 is 47.0 Å². The van der Waals surface area contributed by atoms with Crippen LogP contribution in [0.4, 0.5) is 4.79 Å². The fraction of sp³-hybridized carbons (Fsp3) is 0.905. The number of hydrazine groups is 2. The predicted octanol–water partition coefficient (Wildman–Crippen LogP) is 2.91. The molecule has 3 aliphatic carbocycles. The summed E-state index contributed by atoms with van der Waals surface area (Å²) in [5.74, 6) is -0.203. The molecular formula is C42H74Cl2N8O9. The number of carbonyl (C=O) groups excluding carboxylic acids is 4. The second-order valence-corrected chi connectivity index (χ2v) is 18.7. The molecule has 1 unspecified atom stereocenters. The van der Waals surface area contributed by atoms with Crippen LogP contribution in [0, 0.1) is 0 Å². The molecule has 0 aromatic heterocycles. The first-order chi connectivity index (χ1) is 29.6. The largest absolute Gasteiger partial charge is 0.378 e. The normalized spacial score (nSPS) is 30.7.